The van der Waals surface area contributed by atoms with Gasteiger partial charge in [0.2, 0.25) is 5.91 Å². The van der Waals surface area contributed by atoms with E-state index in [4.69, 9.17) is 0 Å². The Hall–Kier alpha value is -1.14. The van der Waals surface area contributed by atoms with Gasteiger partial charge in [-0.25, -0.2) is 4.79 Å². The van der Waals surface area contributed by atoms with E-state index in [0.717, 1.165) is 13.0 Å². The highest BCUT2D eigenvalue weighted by Crippen LogP contribution is 2.21. The number of amides is 3. The van der Waals surface area contributed by atoms with Crippen LogP contribution in [0.1, 0.15) is 27.2 Å². The molecule has 3 amide bonds. The Balaban J connectivity index is 2.43. The minimum atomic E-state index is -0.458. The highest BCUT2D eigenvalue weighted by molar-refractivity contribution is 5.96. The smallest absolute Gasteiger partial charge is 0.321 e. The molecule has 0 saturated carbocycles. The van der Waals surface area contributed by atoms with E-state index in [2.05, 4.69) is 10.6 Å². The van der Waals surface area contributed by atoms with Gasteiger partial charge in [-0.2, -0.15) is 0 Å². The van der Waals surface area contributed by atoms with Crippen LogP contribution in [0.2, 0.25) is 0 Å². The highest BCUT2D eigenvalue weighted by Gasteiger charge is 2.31. The van der Waals surface area contributed by atoms with E-state index >= 15 is 0 Å². The number of hydrogen-bond acceptors (Lipinski definition) is 4. The molecule has 1 heterocycles. The minimum absolute atomic E-state index is 0.213. The molecule has 3 atom stereocenters. The fraction of sp³-hybridized carbons (Fsp3) is 0.833. The summed E-state index contributed by atoms with van der Waals surface area (Å²) in [5, 5.41) is 14.3. The first-order valence-electron chi connectivity index (χ1n) is 6.46. The lowest BCUT2D eigenvalue weighted by atomic mass is 10.0. The van der Waals surface area contributed by atoms with Gasteiger partial charge in [-0.15, -0.1) is 0 Å². The fourth-order valence-corrected chi connectivity index (χ4v) is 2.15. The SMILES string of the molecule is CCNC(=O)NC(=O)C(C)N1CCC(C(C)O)C1. The van der Waals surface area contributed by atoms with Gasteiger partial charge in [0.25, 0.3) is 0 Å². The first-order valence-corrected chi connectivity index (χ1v) is 6.46. The molecule has 0 aromatic carbocycles. The minimum Gasteiger partial charge on any atom is -0.393 e. The number of nitrogens with zero attached hydrogens (tertiary/aromatic N) is 1. The molecule has 1 rings (SSSR count). The summed E-state index contributed by atoms with van der Waals surface area (Å²) in [5.41, 5.74) is 0. The lowest BCUT2D eigenvalue weighted by molar-refractivity contribution is -0.124. The largest absolute Gasteiger partial charge is 0.393 e. The zero-order valence-electron chi connectivity index (χ0n) is 11.3. The molecule has 3 N–H and O–H groups in total. The molecule has 3 unspecified atom stereocenters. The van der Waals surface area contributed by atoms with Gasteiger partial charge in [-0.1, -0.05) is 0 Å². The van der Waals surface area contributed by atoms with E-state index in [1.165, 1.54) is 0 Å². The topological polar surface area (TPSA) is 81.7 Å². The molecule has 1 fully saturated rings. The van der Waals surface area contributed by atoms with Crippen molar-refractivity contribution in [3.8, 4) is 0 Å². The van der Waals surface area contributed by atoms with Crippen LogP contribution in [0.15, 0.2) is 0 Å². The third-order valence-electron chi connectivity index (χ3n) is 3.44. The van der Waals surface area contributed by atoms with Crippen molar-refractivity contribution in [1.29, 1.82) is 0 Å². The van der Waals surface area contributed by atoms with Crippen molar-refractivity contribution in [1.82, 2.24) is 15.5 Å². The Bertz CT molecular complexity index is 307. The van der Waals surface area contributed by atoms with Crippen LogP contribution in [-0.4, -0.2) is 53.7 Å². The van der Waals surface area contributed by atoms with Crippen molar-refractivity contribution in [3.63, 3.8) is 0 Å². The number of aliphatic hydroxyl groups excluding tert-OH is 1. The van der Waals surface area contributed by atoms with Gasteiger partial charge in [-0.05, 0) is 39.7 Å². The second-order valence-corrected chi connectivity index (χ2v) is 4.81. The maximum Gasteiger partial charge on any atom is 0.321 e. The lowest BCUT2D eigenvalue weighted by Crippen LogP contribution is -2.49. The van der Waals surface area contributed by atoms with Gasteiger partial charge in [0.05, 0.1) is 12.1 Å². The number of aliphatic hydroxyl groups is 1. The summed E-state index contributed by atoms with van der Waals surface area (Å²) < 4.78 is 0. The monoisotopic (exact) mass is 257 g/mol. The van der Waals surface area contributed by atoms with Gasteiger partial charge in [0, 0.05) is 13.1 Å². The molecule has 18 heavy (non-hydrogen) atoms. The van der Waals surface area contributed by atoms with Crippen LogP contribution in [0.5, 0.6) is 0 Å². The number of nitrogens with one attached hydrogen (secondary N) is 2. The molecule has 104 valence electrons. The standard InChI is InChI=1S/C12H23N3O3/c1-4-13-12(18)14-11(17)8(2)15-6-5-10(7-15)9(3)16/h8-10,16H,4-7H2,1-3H3,(H2,13,14,17,18). The van der Waals surface area contributed by atoms with Gasteiger partial charge < -0.3 is 10.4 Å². The Kier molecular flexibility index (Phi) is 5.55. The first-order chi connectivity index (χ1) is 8.45. The van der Waals surface area contributed by atoms with Crippen LogP contribution >= 0.6 is 0 Å². The van der Waals surface area contributed by atoms with Crippen molar-refractivity contribution in [2.24, 2.45) is 5.92 Å². The second kappa shape index (κ2) is 6.70. The predicted octanol–water partition coefficient (Wildman–Crippen LogP) is -0.0767. The zero-order valence-corrected chi connectivity index (χ0v) is 11.3. The molecule has 0 radical (unpaired) electrons. The number of rotatable bonds is 4. The number of carbonyl (C=O) groups excluding carboxylic acids is 2. The summed E-state index contributed by atoms with van der Waals surface area (Å²) in [5.74, 6) is -0.0862. The summed E-state index contributed by atoms with van der Waals surface area (Å²) in [6.07, 6.45) is 0.532. The van der Waals surface area contributed by atoms with Crippen molar-refractivity contribution >= 4 is 11.9 Å². The highest BCUT2D eigenvalue weighted by atomic mass is 16.3. The molecule has 1 aliphatic heterocycles. The van der Waals surface area contributed by atoms with Crippen molar-refractivity contribution in [2.75, 3.05) is 19.6 Å². The van der Waals surface area contributed by atoms with E-state index in [1.807, 2.05) is 4.90 Å². The summed E-state index contributed by atoms with van der Waals surface area (Å²) in [6.45, 7) is 7.30. The first kappa shape index (κ1) is 14.9. The van der Waals surface area contributed by atoms with Gasteiger partial charge >= 0.3 is 6.03 Å². The van der Waals surface area contributed by atoms with Crippen molar-refractivity contribution in [3.05, 3.63) is 0 Å². The van der Waals surface area contributed by atoms with E-state index in [9.17, 15) is 14.7 Å². The number of urea groups is 1. The van der Waals surface area contributed by atoms with Crippen LogP contribution in [0.25, 0.3) is 0 Å². The number of carbonyl (C=O) groups is 2. The Morgan fingerprint density at radius 2 is 2.11 bits per heavy atom. The predicted molar refractivity (Wildman–Crippen MR) is 68.0 cm³/mol. The van der Waals surface area contributed by atoms with Gasteiger partial charge in [0.1, 0.15) is 0 Å². The van der Waals surface area contributed by atoms with Crippen LogP contribution in [0.3, 0.4) is 0 Å². The van der Waals surface area contributed by atoms with Crippen LogP contribution in [0, 0.1) is 5.92 Å². The summed E-state index contributed by atoms with van der Waals surface area (Å²) in [6, 6.07) is -0.808. The van der Waals surface area contributed by atoms with Gasteiger partial charge in [0.15, 0.2) is 0 Å². The molecule has 0 bridgehead atoms. The average molecular weight is 257 g/mol. The van der Waals surface area contributed by atoms with E-state index in [0.29, 0.717) is 13.1 Å². The van der Waals surface area contributed by atoms with Crippen molar-refractivity contribution in [2.45, 2.75) is 39.3 Å². The Morgan fingerprint density at radius 3 is 2.61 bits per heavy atom. The third-order valence-corrected chi connectivity index (χ3v) is 3.44. The number of hydrogen-bond donors (Lipinski definition) is 3. The van der Waals surface area contributed by atoms with Crippen LogP contribution in [-0.2, 0) is 4.79 Å². The number of imide groups is 1. The quantitative estimate of drug-likeness (QED) is 0.658. The summed E-state index contributed by atoms with van der Waals surface area (Å²) in [4.78, 5) is 25.1. The molecule has 6 heteroatoms. The van der Waals surface area contributed by atoms with Crippen LogP contribution in [0.4, 0.5) is 4.79 Å². The normalized spacial score (nSPS) is 23.4. The summed E-state index contributed by atoms with van der Waals surface area (Å²) >= 11 is 0. The molecule has 1 aliphatic rings. The molecule has 0 aliphatic carbocycles. The average Bonchev–Trinajstić information content (AvgIpc) is 2.77. The molecule has 0 aromatic rings. The Labute approximate surface area is 108 Å². The third kappa shape index (κ3) is 3.96. The van der Waals surface area contributed by atoms with E-state index in [-0.39, 0.29) is 24.0 Å². The van der Waals surface area contributed by atoms with E-state index in [1.54, 1.807) is 20.8 Å². The molecule has 1 saturated heterocycles. The second-order valence-electron chi connectivity index (χ2n) is 4.81. The zero-order chi connectivity index (χ0) is 13.7. The molecule has 0 aromatic heterocycles. The van der Waals surface area contributed by atoms with Crippen molar-refractivity contribution < 1.29 is 14.7 Å². The van der Waals surface area contributed by atoms with Gasteiger partial charge in [-0.3, -0.25) is 15.0 Å². The maximum atomic E-state index is 11.8. The summed E-state index contributed by atoms with van der Waals surface area (Å²) in [7, 11) is 0. The van der Waals surface area contributed by atoms with Crippen LogP contribution < -0.4 is 10.6 Å². The molecule has 0 spiro atoms. The fourth-order valence-electron chi connectivity index (χ4n) is 2.15. The molecular formula is C12H23N3O3. The Morgan fingerprint density at radius 1 is 1.44 bits per heavy atom. The maximum absolute atomic E-state index is 11.8. The van der Waals surface area contributed by atoms with E-state index < -0.39 is 6.03 Å². The lowest BCUT2D eigenvalue weighted by Gasteiger charge is -2.23. The number of likely N-dealkylation sites (tertiary alicyclic amines) is 1. The molecule has 6 nitrogen and oxygen atoms in total. The molecular weight excluding hydrogens is 234 g/mol.